The first-order valence-corrected chi connectivity index (χ1v) is 5.57. The molecule has 1 aromatic rings. The Hall–Kier alpha value is -2.38. The van der Waals surface area contributed by atoms with Crippen molar-refractivity contribution in [3.05, 3.63) is 40.3 Å². The lowest BCUT2D eigenvalue weighted by molar-refractivity contribution is -0.139. The van der Waals surface area contributed by atoms with Crippen LogP contribution in [0.3, 0.4) is 0 Å². The Labute approximate surface area is 112 Å². The van der Waals surface area contributed by atoms with E-state index in [0.29, 0.717) is 0 Å². The number of azide groups is 1. The molecular weight excluding hydrogens is 274 g/mol. The molecule has 0 aliphatic carbocycles. The van der Waals surface area contributed by atoms with Gasteiger partial charge in [0.05, 0.1) is 0 Å². The predicted molar refractivity (Wildman–Crippen MR) is 65.5 cm³/mol. The van der Waals surface area contributed by atoms with E-state index in [9.17, 15) is 13.6 Å². The first-order valence-electron chi connectivity index (χ1n) is 5.57. The number of halogens is 2. The fourth-order valence-corrected chi connectivity index (χ4v) is 1.56. The van der Waals surface area contributed by atoms with Crippen LogP contribution < -0.4 is 10.1 Å². The molecule has 0 heterocycles. The van der Waals surface area contributed by atoms with Crippen LogP contribution in [-0.4, -0.2) is 30.8 Å². The molecule has 0 saturated heterocycles. The quantitative estimate of drug-likeness (QED) is 0.331. The predicted octanol–water partition coefficient (Wildman–Crippen LogP) is 2.31. The van der Waals surface area contributed by atoms with Gasteiger partial charge in [-0.1, -0.05) is 23.3 Å². The third-order valence-electron chi connectivity index (χ3n) is 2.32. The number of carboxylic acid groups (broad SMARTS) is 1. The zero-order valence-corrected chi connectivity index (χ0v) is 10.2. The number of carbonyl (C=O) groups is 1. The molecule has 0 amide bonds. The number of nitrogens with one attached hydrogen (secondary N) is 1. The summed E-state index contributed by atoms with van der Waals surface area (Å²) in [4.78, 5) is 13.7. The molecule has 0 spiro atoms. The molecule has 0 bridgehead atoms. The van der Waals surface area contributed by atoms with Crippen molar-refractivity contribution < 1.29 is 23.4 Å². The van der Waals surface area contributed by atoms with Crippen LogP contribution >= 0.6 is 0 Å². The number of hydrogen-bond acceptors (Lipinski definition) is 4. The van der Waals surface area contributed by atoms with E-state index in [2.05, 4.69) is 20.1 Å². The molecule has 0 radical (unpaired) electrons. The van der Waals surface area contributed by atoms with Gasteiger partial charge < -0.3 is 15.2 Å². The minimum Gasteiger partial charge on any atom is -0.480 e. The molecule has 1 aromatic carbocycles. The third kappa shape index (κ3) is 4.71. The fourth-order valence-electron chi connectivity index (χ4n) is 1.56. The molecule has 20 heavy (non-hydrogen) atoms. The number of ether oxygens (including phenoxy) is 1. The summed E-state index contributed by atoms with van der Waals surface area (Å²) in [6.07, 6.45) is 0. The fraction of sp³-hybridized carbons (Fsp3) is 0.364. The van der Waals surface area contributed by atoms with E-state index < -0.39 is 18.6 Å². The normalized spacial score (nSPS) is 11.8. The van der Waals surface area contributed by atoms with Gasteiger partial charge in [-0.3, -0.25) is 4.79 Å². The van der Waals surface area contributed by atoms with Gasteiger partial charge in [0, 0.05) is 23.6 Å². The molecule has 2 N–H and O–H groups in total. The van der Waals surface area contributed by atoms with Crippen LogP contribution in [0.4, 0.5) is 8.78 Å². The first kappa shape index (κ1) is 15.7. The number of alkyl halides is 2. The molecule has 1 atom stereocenters. The Bertz CT molecular complexity index is 506. The lowest BCUT2D eigenvalue weighted by Crippen LogP contribution is -2.30. The molecular formula is C11H12F2N4O3. The van der Waals surface area contributed by atoms with Crippen LogP contribution in [-0.2, 0) is 4.79 Å². The van der Waals surface area contributed by atoms with Gasteiger partial charge in [-0.05, 0) is 11.6 Å². The average molecular weight is 286 g/mol. The molecule has 0 aliphatic heterocycles. The first-order chi connectivity index (χ1) is 9.56. The second kappa shape index (κ2) is 7.93. The number of aliphatic carboxylic acids is 1. The zero-order valence-electron chi connectivity index (χ0n) is 10.2. The smallest absolute Gasteiger partial charge is 0.387 e. The minimum atomic E-state index is -3.05. The van der Waals surface area contributed by atoms with Crippen LogP contribution in [0.5, 0.6) is 5.75 Å². The van der Waals surface area contributed by atoms with Crippen molar-refractivity contribution in [2.24, 2.45) is 5.11 Å². The van der Waals surface area contributed by atoms with Crippen molar-refractivity contribution in [2.75, 3.05) is 13.1 Å². The van der Waals surface area contributed by atoms with E-state index in [0.717, 1.165) is 0 Å². The van der Waals surface area contributed by atoms with Crippen LogP contribution in [0.2, 0.25) is 0 Å². The largest absolute Gasteiger partial charge is 0.480 e. The van der Waals surface area contributed by atoms with Crippen molar-refractivity contribution >= 4 is 5.97 Å². The van der Waals surface area contributed by atoms with Crippen LogP contribution in [0.1, 0.15) is 11.6 Å². The van der Waals surface area contributed by atoms with Crippen LogP contribution in [0.25, 0.3) is 10.4 Å². The molecule has 0 aromatic heterocycles. The van der Waals surface area contributed by atoms with Gasteiger partial charge in [0.1, 0.15) is 11.8 Å². The van der Waals surface area contributed by atoms with Crippen LogP contribution in [0, 0.1) is 0 Å². The Kier molecular flexibility index (Phi) is 6.21. The molecule has 1 rings (SSSR count). The highest BCUT2D eigenvalue weighted by Crippen LogP contribution is 2.26. The molecule has 0 aliphatic rings. The lowest BCUT2D eigenvalue weighted by Gasteiger charge is -2.17. The van der Waals surface area contributed by atoms with Gasteiger partial charge >= 0.3 is 12.6 Å². The second-order valence-corrected chi connectivity index (χ2v) is 3.60. The summed E-state index contributed by atoms with van der Waals surface area (Å²) in [7, 11) is 0. The lowest BCUT2D eigenvalue weighted by atomic mass is 10.1. The van der Waals surface area contributed by atoms with E-state index >= 15 is 0 Å². The number of benzene rings is 1. The number of nitrogens with zero attached hydrogens (tertiary/aromatic N) is 3. The summed E-state index contributed by atoms with van der Waals surface area (Å²) in [5, 5.41) is 15.0. The highest BCUT2D eigenvalue weighted by molar-refractivity contribution is 5.76. The zero-order chi connectivity index (χ0) is 15.0. The van der Waals surface area contributed by atoms with Gasteiger partial charge in [-0.15, -0.1) is 0 Å². The topological polar surface area (TPSA) is 107 Å². The summed E-state index contributed by atoms with van der Waals surface area (Å²) in [5.41, 5.74) is 8.18. The number of para-hydroxylation sites is 1. The Balaban J connectivity index is 2.90. The van der Waals surface area contributed by atoms with E-state index in [1.807, 2.05) is 0 Å². The van der Waals surface area contributed by atoms with E-state index in [1.165, 1.54) is 24.3 Å². The number of rotatable bonds is 8. The van der Waals surface area contributed by atoms with Gasteiger partial charge in [0.2, 0.25) is 0 Å². The summed E-state index contributed by atoms with van der Waals surface area (Å²) in [5.74, 6) is -1.47. The average Bonchev–Trinajstić information content (AvgIpc) is 2.39. The maximum Gasteiger partial charge on any atom is 0.387 e. The standard InChI is InChI=1S/C11H12F2N4O3/c12-11(13)20-8-4-2-1-3-7(8)9(10(18)19)15-5-6-16-17-14/h1-4,9,11,15H,5-6H2,(H,18,19). The van der Waals surface area contributed by atoms with Crippen molar-refractivity contribution in [3.63, 3.8) is 0 Å². The summed E-state index contributed by atoms with van der Waals surface area (Å²) in [6, 6.07) is 4.36. The van der Waals surface area contributed by atoms with Crippen LogP contribution in [0.15, 0.2) is 29.4 Å². The minimum absolute atomic E-state index is 0.0398. The Morgan fingerprint density at radius 3 is 2.80 bits per heavy atom. The van der Waals surface area contributed by atoms with Crippen molar-refractivity contribution in [2.45, 2.75) is 12.7 Å². The summed E-state index contributed by atoms with van der Waals surface area (Å²) >= 11 is 0. The number of hydrogen-bond donors (Lipinski definition) is 2. The van der Waals surface area contributed by atoms with Gasteiger partial charge in [0.15, 0.2) is 0 Å². The summed E-state index contributed by atoms with van der Waals surface area (Å²) < 4.78 is 28.8. The molecule has 9 heteroatoms. The monoisotopic (exact) mass is 286 g/mol. The summed E-state index contributed by atoms with van der Waals surface area (Å²) in [6.45, 7) is -2.92. The van der Waals surface area contributed by atoms with Gasteiger partial charge in [-0.2, -0.15) is 8.78 Å². The molecule has 108 valence electrons. The highest BCUT2D eigenvalue weighted by atomic mass is 19.3. The van der Waals surface area contributed by atoms with Crippen molar-refractivity contribution in [3.8, 4) is 5.75 Å². The Morgan fingerprint density at radius 1 is 1.50 bits per heavy atom. The Morgan fingerprint density at radius 2 is 2.20 bits per heavy atom. The maximum absolute atomic E-state index is 12.3. The van der Waals surface area contributed by atoms with Crippen molar-refractivity contribution in [1.82, 2.24) is 5.32 Å². The second-order valence-electron chi connectivity index (χ2n) is 3.60. The third-order valence-corrected chi connectivity index (χ3v) is 2.32. The molecule has 0 saturated carbocycles. The highest BCUT2D eigenvalue weighted by Gasteiger charge is 2.23. The van der Waals surface area contributed by atoms with E-state index in [4.69, 9.17) is 10.6 Å². The van der Waals surface area contributed by atoms with Gasteiger partial charge in [-0.25, -0.2) is 0 Å². The molecule has 7 nitrogen and oxygen atoms in total. The number of carboxylic acids is 1. The van der Waals surface area contributed by atoms with Gasteiger partial charge in [0.25, 0.3) is 0 Å². The molecule has 1 unspecified atom stereocenters. The SMILES string of the molecule is [N-]=[N+]=NCCNC(C(=O)O)c1ccccc1OC(F)F. The van der Waals surface area contributed by atoms with Crippen molar-refractivity contribution in [1.29, 1.82) is 0 Å². The maximum atomic E-state index is 12.3. The molecule has 0 fully saturated rings. The van der Waals surface area contributed by atoms with E-state index in [1.54, 1.807) is 0 Å². The van der Waals surface area contributed by atoms with E-state index in [-0.39, 0.29) is 24.4 Å².